The number of unbranched alkanes of at least 4 members (excludes halogenated alkanes) is 1. The molecule has 0 bridgehead atoms. The number of rotatable bonds is 14. The van der Waals surface area contributed by atoms with Crippen LogP contribution in [0.15, 0.2) is 61.2 Å². The Hall–Kier alpha value is -2.59. The van der Waals surface area contributed by atoms with Gasteiger partial charge in [0.15, 0.2) is 0 Å². The van der Waals surface area contributed by atoms with Crippen LogP contribution in [0.25, 0.3) is 0 Å². The third-order valence-electron chi connectivity index (χ3n) is 4.63. The first-order valence-corrected chi connectivity index (χ1v) is 10.5. The first-order valence-electron chi connectivity index (χ1n) is 10.5. The molecule has 0 amide bonds. The predicted molar refractivity (Wildman–Crippen MR) is 119 cm³/mol. The number of para-hydroxylation sites is 1. The fourth-order valence-electron chi connectivity index (χ4n) is 2.88. The Balaban J connectivity index is 1.69. The van der Waals surface area contributed by atoms with Gasteiger partial charge in [0.05, 0.1) is 18.8 Å². The lowest BCUT2D eigenvalue weighted by Crippen LogP contribution is -2.20. The third kappa shape index (κ3) is 8.53. The molecule has 0 heterocycles. The second-order valence-electron chi connectivity index (χ2n) is 6.97. The lowest BCUT2D eigenvalue weighted by molar-refractivity contribution is 0.0499. The highest BCUT2D eigenvalue weighted by Crippen LogP contribution is 2.18. The van der Waals surface area contributed by atoms with Gasteiger partial charge in [0.2, 0.25) is 0 Å². The SMILES string of the molecule is C=CCCOc1ccccc1CCNCCc1ccc(C(=O)OCCCC)cc1. The molecule has 29 heavy (non-hydrogen) atoms. The van der Waals surface area contributed by atoms with Crippen molar-refractivity contribution in [1.82, 2.24) is 5.32 Å². The van der Waals surface area contributed by atoms with E-state index in [2.05, 4.69) is 24.9 Å². The fraction of sp³-hybridized carbons (Fsp3) is 0.400. The minimum atomic E-state index is -0.239. The Labute approximate surface area is 174 Å². The summed E-state index contributed by atoms with van der Waals surface area (Å²) in [5.41, 5.74) is 3.04. The number of hydrogen-bond donors (Lipinski definition) is 1. The Bertz CT molecular complexity index is 740. The first-order chi connectivity index (χ1) is 14.2. The van der Waals surface area contributed by atoms with Gasteiger partial charge in [-0.05, 0) is 68.1 Å². The van der Waals surface area contributed by atoms with Crippen LogP contribution in [-0.4, -0.2) is 32.3 Å². The topological polar surface area (TPSA) is 47.6 Å². The number of nitrogens with one attached hydrogen (secondary N) is 1. The van der Waals surface area contributed by atoms with Gasteiger partial charge in [-0.1, -0.05) is 49.8 Å². The van der Waals surface area contributed by atoms with Crippen LogP contribution in [0.1, 0.15) is 47.7 Å². The first kappa shape index (κ1) is 22.7. The van der Waals surface area contributed by atoms with E-state index in [1.165, 1.54) is 11.1 Å². The zero-order valence-corrected chi connectivity index (χ0v) is 17.5. The molecule has 2 rings (SSSR count). The van der Waals surface area contributed by atoms with Crippen molar-refractivity contribution >= 4 is 5.97 Å². The van der Waals surface area contributed by atoms with Gasteiger partial charge in [0, 0.05) is 0 Å². The van der Waals surface area contributed by atoms with Crippen LogP contribution in [0.5, 0.6) is 5.75 Å². The van der Waals surface area contributed by atoms with Crippen LogP contribution in [0, 0.1) is 0 Å². The van der Waals surface area contributed by atoms with E-state index in [4.69, 9.17) is 9.47 Å². The van der Waals surface area contributed by atoms with Gasteiger partial charge in [-0.25, -0.2) is 4.79 Å². The molecule has 0 saturated carbocycles. The van der Waals surface area contributed by atoms with E-state index in [0.717, 1.165) is 50.9 Å². The predicted octanol–water partition coefficient (Wildman–Crippen LogP) is 4.97. The van der Waals surface area contributed by atoms with Gasteiger partial charge >= 0.3 is 5.97 Å². The van der Waals surface area contributed by atoms with Crippen molar-refractivity contribution in [2.24, 2.45) is 0 Å². The number of carbonyl (C=O) groups is 1. The van der Waals surface area contributed by atoms with E-state index >= 15 is 0 Å². The van der Waals surface area contributed by atoms with Crippen LogP contribution in [0.4, 0.5) is 0 Å². The Kier molecular flexibility index (Phi) is 10.6. The summed E-state index contributed by atoms with van der Waals surface area (Å²) in [6, 6.07) is 15.9. The van der Waals surface area contributed by atoms with Crippen molar-refractivity contribution in [3.05, 3.63) is 77.9 Å². The van der Waals surface area contributed by atoms with Gasteiger partial charge in [-0.2, -0.15) is 0 Å². The maximum Gasteiger partial charge on any atom is 0.338 e. The molecule has 0 aliphatic heterocycles. The van der Waals surface area contributed by atoms with Gasteiger partial charge < -0.3 is 14.8 Å². The lowest BCUT2D eigenvalue weighted by Gasteiger charge is -2.11. The van der Waals surface area contributed by atoms with Crippen molar-refractivity contribution in [1.29, 1.82) is 0 Å². The smallest absolute Gasteiger partial charge is 0.338 e. The third-order valence-corrected chi connectivity index (χ3v) is 4.63. The lowest BCUT2D eigenvalue weighted by atomic mass is 10.1. The molecular formula is C25H33NO3. The van der Waals surface area contributed by atoms with Crippen molar-refractivity contribution in [3.8, 4) is 5.75 Å². The fourth-order valence-corrected chi connectivity index (χ4v) is 2.88. The molecule has 0 aliphatic carbocycles. The minimum Gasteiger partial charge on any atom is -0.493 e. The summed E-state index contributed by atoms with van der Waals surface area (Å²) in [6.45, 7) is 8.74. The molecule has 0 radical (unpaired) electrons. The van der Waals surface area contributed by atoms with Gasteiger partial charge in [0.1, 0.15) is 5.75 Å². The molecular weight excluding hydrogens is 362 g/mol. The van der Waals surface area contributed by atoms with Crippen molar-refractivity contribution < 1.29 is 14.3 Å². The molecule has 1 N–H and O–H groups in total. The molecule has 156 valence electrons. The monoisotopic (exact) mass is 395 g/mol. The van der Waals surface area contributed by atoms with Crippen LogP contribution in [0.2, 0.25) is 0 Å². The van der Waals surface area contributed by atoms with Crippen LogP contribution in [-0.2, 0) is 17.6 Å². The Morgan fingerprint density at radius 1 is 1.03 bits per heavy atom. The highest BCUT2D eigenvalue weighted by atomic mass is 16.5. The van der Waals surface area contributed by atoms with E-state index in [1.807, 2.05) is 48.5 Å². The molecule has 0 aliphatic rings. The Morgan fingerprint density at radius 3 is 2.55 bits per heavy atom. The summed E-state index contributed by atoms with van der Waals surface area (Å²) in [5, 5.41) is 3.49. The van der Waals surface area contributed by atoms with E-state index in [9.17, 15) is 4.79 Å². The molecule has 0 atom stereocenters. The largest absolute Gasteiger partial charge is 0.493 e. The van der Waals surface area contributed by atoms with E-state index < -0.39 is 0 Å². The van der Waals surface area contributed by atoms with Crippen LogP contribution in [0.3, 0.4) is 0 Å². The van der Waals surface area contributed by atoms with Crippen molar-refractivity contribution in [2.45, 2.75) is 39.0 Å². The molecule has 4 nitrogen and oxygen atoms in total. The zero-order chi connectivity index (χ0) is 20.7. The van der Waals surface area contributed by atoms with Crippen molar-refractivity contribution in [3.63, 3.8) is 0 Å². The maximum absolute atomic E-state index is 11.9. The standard InChI is InChI=1S/C25H33NO3/c1-3-5-19-28-24-10-8-7-9-22(24)16-18-26-17-15-21-11-13-23(14-12-21)25(27)29-20-6-4-2/h3,7-14,26H,1,4-6,15-20H2,2H3. The summed E-state index contributed by atoms with van der Waals surface area (Å²) >= 11 is 0. The molecule has 0 unspecified atom stereocenters. The summed E-state index contributed by atoms with van der Waals surface area (Å²) < 4.78 is 11.1. The molecule has 2 aromatic rings. The van der Waals surface area contributed by atoms with Gasteiger partial charge in [0.25, 0.3) is 0 Å². The summed E-state index contributed by atoms with van der Waals surface area (Å²) in [7, 11) is 0. The highest BCUT2D eigenvalue weighted by Gasteiger charge is 2.06. The zero-order valence-electron chi connectivity index (χ0n) is 17.5. The number of esters is 1. The summed E-state index contributed by atoms with van der Waals surface area (Å²) in [5.74, 6) is 0.717. The quantitative estimate of drug-likeness (QED) is 0.279. The second kappa shape index (κ2) is 13.6. The number of hydrogen-bond acceptors (Lipinski definition) is 4. The molecule has 0 spiro atoms. The van der Waals surface area contributed by atoms with E-state index in [0.29, 0.717) is 18.8 Å². The second-order valence-corrected chi connectivity index (χ2v) is 6.97. The van der Waals surface area contributed by atoms with Gasteiger partial charge in [-0.15, -0.1) is 6.58 Å². The van der Waals surface area contributed by atoms with Crippen LogP contribution < -0.4 is 10.1 Å². The summed E-state index contributed by atoms with van der Waals surface area (Å²) in [6.07, 6.45) is 6.48. The van der Waals surface area contributed by atoms with Crippen LogP contribution >= 0.6 is 0 Å². The normalized spacial score (nSPS) is 10.5. The highest BCUT2D eigenvalue weighted by molar-refractivity contribution is 5.89. The molecule has 0 aromatic heterocycles. The minimum absolute atomic E-state index is 0.239. The van der Waals surface area contributed by atoms with E-state index in [1.54, 1.807) is 0 Å². The average molecular weight is 396 g/mol. The Morgan fingerprint density at radius 2 is 1.79 bits per heavy atom. The maximum atomic E-state index is 11.9. The molecule has 0 saturated heterocycles. The molecule has 4 heteroatoms. The number of carbonyl (C=O) groups excluding carboxylic acids is 1. The average Bonchev–Trinajstić information content (AvgIpc) is 2.75. The number of benzene rings is 2. The number of ether oxygens (including phenoxy) is 2. The summed E-state index contributed by atoms with van der Waals surface area (Å²) in [4.78, 5) is 11.9. The van der Waals surface area contributed by atoms with Gasteiger partial charge in [-0.3, -0.25) is 0 Å². The molecule has 0 fully saturated rings. The van der Waals surface area contributed by atoms with E-state index in [-0.39, 0.29) is 5.97 Å². The molecule has 2 aromatic carbocycles. The van der Waals surface area contributed by atoms with Crippen molar-refractivity contribution in [2.75, 3.05) is 26.3 Å².